The fourth-order valence-electron chi connectivity index (χ4n) is 3.43. The third-order valence-corrected chi connectivity index (χ3v) is 4.79. The van der Waals surface area contributed by atoms with Crippen molar-refractivity contribution in [2.24, 2.45) is 0 Å². The van der Waals surface area contributed by atoms with Crippen molar-refractivity contribution in [1.82, 2.24) is 9.88 Å². The van der Waals surface area contributed by atoms with Crippen molar-refractivity contribution < 1.29 is 9.53 Å². The van der Waals surface area contributed by atoms with Crippen molar-refractivity contribution in [3.8, 4) is 0 Å². The van der Waals surface area contributed by atoms with E-state index in [0.717, 1.165) is 69.3 Å². The van der Waals surface area contributed by atoms with Gasteiger partial charge in [-0.1, -0.05) is 26.0 Å². The van der Waals surface area contributed by atoms with Gasteiger partial charge in [0.25, 0.3) is 5.91 Å². The summed E-state index contributed by atoms with van der Waals surface area (Å²) in [6.45, 7) is 8.97. The first-order chi connectivity index (χ1) is 13.7. The molecule has 1 N–H and O–H groups in total. The lowest BCUT2D eigenvalue weighted by molar-refractivity contribution is 0.0749. The maximum Gasteiger partial charge on any atom is 0.272 e. The smallest absolute Gasteiger partial charge is 0.272 e. The number of morpholine rings is 1. The molecule has 6 heteroatoms. The van der Waals surface area contributed by atoms with Gasteiger partial charge in [-0.15, -0.1) is 0 Å². The number of carbonyl (C=O) groups is 1. The van der Waals surface area contributed by atoms with Crippen LogP contribution in [0.5, 0.6) is 0 Å². The van der Waals surface area contributed by atoms with Gasteiger partial charge in [0.2, 0.25) is 0 Å². The first-order valence-corrected chi connectivity index (χ1v) is 10.2. The number of amides is 1. The number of nitrogens with one attached hydrogen (secondary N) is 1. The normalized spacial score (nSPS) is 14.0. The molecule has 0 aliphatic carbocycles. The van der Waals surface area contributed by atoms with Crippen LogP contribution >= 0.6 is 0 Å². The first kappa shape index (κ1) is 20.1. The molecule has 2 heterocycles. The highest BCUT2D eigenvalue weighted by Gasteiger charge is 2.17. The molecule has 1 aromatic carbocycles. The summed E-state index contributed by atoms with van der Waals surface area (Å²) >= 11 is 0. The monoisotopic (exact) mass is 382 g/mol. The lowest BCUT2D eigenvalue weighted by atomic mass is 10.2. The molecule has 0 spiro atoms. The van der Waals surface area contributed by atoms with Gasteiger partial charge in [-0.25, -0.2) is 4.98 Å². The van der Waals surface area contributed by atoms with Crippen molar-refractivity contribution in [3.63, 3.8) is 0 Å². The van der Waals surface area contributed by atoms with E-state index in [0.29, 0.717) is 5.69 Å². The van der Waals surface area contributed by atoms with Gasteiger partial charge in [-0.2, -0.15) is 0 Å². The van der Waals surface area contributed by atoms with Crippen molar-refractivity contribution >= 4 is 23.0 Å². The molecule has 0 unspecified atom stereocenters. The average molecular weight is 383 g/mol. The molecule has 0 radical (unpaired) electrons. The fourth-order valence-corrected chi connectivity index (χ4v) is 3.43. The molecule has 2 aromatic rings. The summed E-state index contributed by atoms with van der Waals surface area (Å²) in [5.74, 6) is 0.00367. The number of anilines is 3. The second-order valence-electron chi connectivity index (χ2n) is 6.97. The quantitative estimate of drug-likeness (QED) is 0.750. The van der Waals surface area contributed by atoms with E-state index in [4.69, 9.17) is 4.74 Å². The van der Waals surface area contributed by atoms with Gasteiger partial charge >= 0.3 is 0 Å². The highest BCUT2D eigenvalue weighted by molar-refractivity contribution is 5.92. The van der Waals surface area contributed by atoms with Crippen LogP contribution in [0.25, 0.3) is 0 Å². The first-order valence-electron chi connectivity index (χ1n) is 10.2. The van der Waals surface area contributed by atoms with E-state index < -0.39 is 0 Å². The molecule has 0 bridgehead atoms. The minimum atomic E-state index is 0.00367. The molecule has 1 amide bonds. The number of rotatable bonds is 8. The summed E-state index contributed by atoms with van der Waals surface area (Å²) in [5.41, 5.74) is 3.55. The highest BCUT2D eigenvalue weighted by atomic mass is 16.5. The fraction of sp³-hybridized carbons (Fsp3) is 0.455. The van der Waals surface area contributed by atoms with Gasteiger partial charge in [0.1, 0.15) is 5.69 Å². The second kappa shape index (κ2) is 10.1. The Kier molecular flexibility index (Phi) is 7.25. The highest BCUT2D eigenvalue weighted by Crippen LogP contribution is 2.29. The van der Waals surface area contributed by atoms with Gasteiger partial charge in [0.15, 0.2) is 0 Å². The SMILES string of the molecule is CCCN(CCC)C(=O)c1ccc(Nc2ccccc2N2CCOCC2)cn1. The van der Waals surface area contributed by atoms with Gasteiger partial charge < -0.3 is 19.9 Å². The van der Waals surface area contributed by atoms with Gasteiger partial charge in [-0.3, -0.25) is 4.79 Å². The van der Waals surface area contributed by atoms with Crippen molar-refractivity contribution in [2.45, 2.75) is 26.7 Å². The van der Waals surface area contributed by atoms with E-state index >= 15 is 0 Å². The molecular formula is C22H30N4O2. The number of carbonyl (C=O) groups excluding carboxylic acids is 1. The van der Waals surface area contributed by atoms with Gasteiger partial charge in [0, 0.05) is 26.2 Å². The van der Waals surface area contributed by atoms with Crippen LogP contribution in [-0.2, 0) is 4.74 Å². The number of hydrogen-bond donors (Lipinski definition) is 1. The van der Waals surface area contributed by atoms with Crippen LogP contribution in [-0.4, -0.2) is 55.2 Å². The number of benzene rings is 1. The van der Waals surface area contributed by atoms with Crippen LogP contribution in [0.3, 0.4) is 0 Å². The molecule has 28 heavy (non-hydrogen) atoms. The molecule has 0 atom stereocenters. The van der Waals surface area contributed by atoms with Crippen LogP contribution in [0.2, 0.25) is 0 Å². The van der Waals surface area contributed by atoms with Crippen LogP contribution in [0.15, 0.2) is 42.6 Å². The van der Waals surface area contributed by atoms with E-state index in [1.807, 2.05) is 23.1 Å². The molecule has 1 saturated heterocycles. The Hall–Kier alpha value is -2.60. The summed E-state index contributed by atoms with van der Waals surface area (Å²) in [7, 11) is 0. The largest absolute Gasteiger partial charge is 0.378 e. The Morgan fingerprint density at radius 2 is 1.82 bits per heavy atom. The van der Waals surface area contributed by atoms with Crippen molar-refractivity contribution in [2.75, 3.05) is 49.6 Å². The molecule has 150 valence electrons. The maximum atomic E-state index is 12.7. The Bertz CT molecular complexity index is 751. The van der Waals surface area contributed by atoms with Crippen molar-refractivity contribution in [1.29, 1.82) is 0 Å². The zero-order chi connectivity index (χ0) is 19.8. The van der Waals surface area contributed by atoms with E-state index in [1.165, 1.54) is 0 Å². The lowest BCUT2D eigenvalue weighted by Crippen LogP contribution is -2.36. The molecule has 3 rings (SSSR count). The van der Waals surface area contributed by atoms with E-state index in [2.05, 4.69) is 41.2 Å². The van der Waals surface area contributed by atoms with Crippen LogP contribution in [0, 0.1) is 0 Å². The zero-order valence-electron chi connectivity index (χ0n) is 16.9. The number of nitrogens with zero attached hydrogens (tertiary/aromatic N) is 3. The molecule has 1 aliphatic rings. The summed E-state index contributed by atoms with van der Waals surface area (Å²) < 4.78 is 5.46. The lowest BCUT2D eigenvalue weighted by Gasteiger charge is -2.30. The standard InChI is InChI=1S/C22H30N4O2/c1-3-11-26(12-4-2)22(27)20-10-9-18(17-23-20)24-19-7-5-6-8-21(19)25-13-15-28-16-14-25/h5-10,17,24H,3-4,11-16H2,1-2H3. The summed E-state index contributed by atoms with van der Waals surface area (Å²) in [6, 6.07) is 12.0. The Labute approximate surface area is 167 Å². The van der Waals surface area contributed by atoms with E-state index in [1.54, 1.807) is 12.3 Å². The Balaban J connectivity index is 1.72. The Morgan fingerprint density at radius 1 is 1.11 bits per heavy atom. The van der Waals surface area contributed by atoms with Crippen molar-refractivity contribution in [3.05, 3.63) is 48.3 Å². The number of hydrogen-bond acceptors (Lipinski definition) is 5. The predicted octanol–water partition coefficient (Wildman–Crippen LogP) is 3.92. The third kappa shape index (κ3) is 5.01. The van der Waals surface area contributed by atoms with E-state index in [9.17, 15) is 4.79 Å². The molecule has 0 saturated carbocycles. The minimum absolute atomic E-state index is 0.00367. The molecule has 1 aromatic heterocycles. The zero-order valence-corrected chi connectivity index (χ0v) is 16.9. The topological polar surface area (TPSA) is 57.7 Å². The number of pyridine rings is 1. The number of ether oxygens (including phenoxy) is 1. The minimum Gasteiger partial charge on any atom is -0.378 e. The summed E-state index contributed by atoms with van der Waals surface area (Å²) in [5, 5.41) is 3.45. The van der Waals surface area contributed by atoms with Crippen LogP contribution in [0.4, 0.5) is 17.1 Å². The third-order valence-electron chi connectivity index (χ3n) is 4.79. The van der Waals surface area contributed by atoms with Gasteiger partial charge in [0.05, 0.1) is 36.5 Å². The van der Waals surface area contributed by atoms with Gasteiger partial charge in [-0.05, 0) is 37.1 Å². The average Bonchev–Trinajstić information content (AvgIpc) is 2.75. The molecular weight excluding hydrogens is 352 g/mol. The predicted molar refractivity (Wildman–Crippen MR) is 113 cm³/mol. The maximum absolute atomic E-state index is 12.7. The van der Waals surface area contributed by atoms with E-state index in [-0.39, 0.29) is 5.91 Å². The second-order valence-corrected chi connectivity index (χ2v) is 6.97. The summed E-state index contributed by atoms with van der Waals surface area (Å²) in [4.78, 5) is 21.3. The molecule has 1 fully saturated rings. The van der Waals surface area contributed by atoms with Crippen LogP contribution in [0.1, 0.15) is 37.2 Å². The summed E-state index contributed by atoms with van der Waals surface area (Å²) in [6.07, 6.45) is 3.63. The number of aromatic nitrogens is 1. The van der Waals surface area contributed by atoms with Crippen LogP contribution < -0.4 is 10.2 Å². The molecule has 6 nitrogen and oxygen atoms in total. The molecule has 1 aliphatic heterocycles. The number of para-hydroxylation sites is 2. The Morgan fingerprint density at radius 3 is 2.46 bits per heavy atom.